The van der Waals surface area contributed by atoms with Crippen molar-refractivity contribution < 1.29 is 18.0 Å². The number of carbonyl (C=O) groups is 2. The fraction of sp³-hybridized carbons (Fsp3) is 0.556. The lowest BCUT2D eigenvalue weighted by molar-refractivity contribution is -0.130. The van der Waals surface area contributed by atoms with Gasteiger partial charge >= 0.3 is 0 Å². The molecule has 0 radical (unpaired) electrons. The summed E-state index contributed by atoms with van der Waals surface area (Å²) in [5, 5.41) is 2.94. The summed E-state index contributed by atoms with van der Waals surface area (Å²) in [6.45, 7) is 1.61. The van der Waals surface area contributed by atoms with E-state index in [1.165, 1.54) is 27.4 Å². The zero-order valence-corrected chi connectivity index (χ0v) is 18.0. The molecule has 1 N–H and O–H groups in total. The minimum absolute atomic E-state index is 0.0502. The molecule has 1 aromatic rings. The Morgan fingerprint density at radius 3 is 2.43 bits per heavy atom. The molecule has 1 aliphatic rings. The molecule has 0 aromatic heterocycles. The number of rotatable bonds is 8. The van der Waals surface area contributed by atoms with Gasteiger partial charge in [-0.15, -0.1) is 0 Å². The first kappa shape index (κ1) is 22.6. The SMILES string of the molecule is CN(CCC(=O)Nc1cc(S(=O)(=O)N2CCCC2)ccc1Cl)CC(=O)N(C)C. The van der Waals surface area contributed by atoms with E-state index in [0.717, 1.165) is 12.8 Å². The minimum atomic E-state index is -3.59. The second kappa shape index (κ2) is 9.69. The topological polar surface area (TPSA) is 90.0 Å². The van der Waals surface area contributed by atoms with Gasteiger partial charge in [0.05, 0.1) is 22.2 Å². The van der Waals surface area contributed by atoms with Gasteiger partial charge in [0.2, 0.25) is 21.8 Å². The molecule has 0 bridgehead atoms. The van der Waals surface area contributed by atoms with Crippen LogP contribution >= 0.6 is 11.6 Å². The second-order valence-corrected chi connectivity index (χ2v) is 9.42. The van der Waals surface area contributed by atoms with Crippen LogP contribution in [0.3, 0.4) is 0 Å². The van der Waals surface area contributed by atoms with Crippen LogP contribution in [-0.2, 0) is 19.6 Å². The number of hydrogen-bond acceptors (Lipinski definition) is 5. The number of anilines is 1. The lowest BCUT2D eigenvalue weighted by Gasteiger charge is -2.19. The van der Waals surface area contributed by atoms with E-state index in [0.29, 0.717) is 19.6 Å². The van der Waals surface area contributed by atoms with Crippen LogP contribution in [0, 0.1) is 0 Å². The van der Waals surface area contributed by atoms with Crippen molar-refractivity contribution in [3.63, 3.8) is 0 Å². The Labute approximate surface area is 171 Å². The average molecular weight is 431 g/mol. The van der Waals surface area contributed by atoms with Gasteiger partial charge < -0.3 is 10.2 Å². The summed E-state index contributed by atoms with van der Waals surface area (Å²) in [6.07, 6.45) is 1.84. The van der Waals surface area contributed by atoms with E-state index in [9.17, 15) is 18.0 Å². The van der Waals surface area contributed by atoms with E-state index in [2.05, 4.69) is 5.32 Å². The van der Waals surface area contributed by atoms with E-state index in [1.54, 1.807) is 26.0 Å². The van der Waals surface area contributed by atoms with Crippen molar-refractivity contribution >= 4 is 39.1 Å². The summed E-state index contributed by atoms with van der Waals surface area (Å²) in [4.78, 5) is 27.3. The normalized spacial score (nSPS) is 15.0. The third kappa shape index (κ3) is 5.91. The van der Waals surface area contributed by atoms with Gasteiger partial charge in [-0.2, -0.15) is 4.31 Å². The number of likely N-dealkylation sites (N-methyl/N-ethyl adjacent to an activating group) is 2. The summed E-state index contributed by atoms with van der Waals surface area (Å²) < 4.78 is 26.8. The number of halogens is 1. The highest BCUT2D eigenvalue weighted by Gasteiger charge is 2.27. The first-order valence-corrected chi connectivity index (χ1v) is 10.9. The highest BCUT2D eigenvalue weighted by molar-refractivity contribution is 7.89. The molecule has 1 fully saturated rings. The third-order valence-electron chi connectivity index (χ3n) is 4.54. The van der Waals surface area contributed by atoms with E-state index in [1.807, 2.05) is 0 Å². The molecule has 0 atom stereocenters. The number of hydrogen-bond donors (Lipinski definition) is 1. The Kier molecular flexibility index (Phi) is 7.82. The predicted molar refractivity (Wildman–Crippen MR) is 109 cm³/mol. The fourth-order valence-corrected chi connectivity index (χ4v) is 4.50. The molecule has 1 aromatic carbocycles. The van der Waals surface area contributed by atoms with Gasteiger partial charge in [0.25, 0.3) is 0 Å². The molecule has 0 unspecified atom stereocenters. The number of amides is 2. The van der Waals surface area contributed by atoms with E-state index in [-0.39, 0.29) is 40.4 Å². The standard InChI is InChI=1S/C18H27ClN4O4S/c1-21(2)18(25)13-22(3)11-8-17(24)20-16-12-14(6-7-15(16)19)28(26,27)23-9-4-5-10-23/h6-7,12H,4-5,8-11,13H2,1-3H3,(H,20,24). The number of nitrogens with zero attached hydrogens (tertiary/aromatic N) is 3. The fourth-order valence-electron chi connectivity index (χ4n) is 2.79. The van der Waals surface area contributed by atoms with Crippen LogP contribution in [0.1, 0.15) is 19.3 Å². The average Bonchev–Trinajstić information content (AvgIpc) is 3.17. The summed E-state index contributed by atoms with van der Waals surface area (Å²) in [7, 11) is 1.52. The van der Waals surface area contributed by atoms with E-state index < -0.39 is 10.0 Å². The molecule has 2 rings (SSSR count). The van der Waals surface area contributed by atoms with Crippen LogP contribution in [0.5, 0.6) is 0 Å². The molecule has 1 aliphatic heterocycles. The molecular formula is C18H27ClN4O4S. The molecule has 156 valence electrons. The molecule has 1 saturated heterocycles. The number of carbonyl (C=O) groups excluding carboxylic acids is 2. The van der Waals surface area contributed by atoms with Crippen LogP contribution in [0.4, 0.5) is 5.69 Å². The van der Waals surface area contributed by atoms with Crippen LogP contribution in [-0.4, -0.2) is 81.7 Å². The van der Waals surface area contributed by atoms with Crippen molar-refractivity contribution in [3.8, 4) is 0 Å². The van der Waals surface area contributed by atoms with Gasteiger partial charge in [-0.25, -0.2) is 8.42 Å². The molecular weight excluding hydrogens is 404 g/mol. The minimum Gasteiger partial charge on any atom is -0.348 e. The number of sulfonamides is 1. The Bertz CT molecular complexity index is 823. The Hall–Kier alpha value is -1.68. The maximum absolute atomic E-state index is 12.7. The van der Waals surface area contributed by atoms with Crippen LogP contribution in [0.25, 0.3) is 0 Å². The lowest BCUT2D eigenvalue weighted by Crippen LogP contribution is -2.35. The monoisotopic (exact) mass is 430 g/mol. The molecule has 8 nitrogen and oxygen atoms in total. The van der Waals surface area contributed by atoms with Crippen molar-refractivity contribution in [3.05, 3.63) is 23.2 Å². The van der Waals surface area contributed by atoms with Gasteiger partial charge in [-0.05, 0) is 38.1 Å². The van der Waals surface area contributed by atoms with Crippen molar-refractivity contribution in [1.82, 2.24) is 14.1 Å². The lowest BCUT2D eigenvalue weighted by atomic mass is 10.3. The van der Waals surface area contributed by atoms with E-state index >= 15 is 0 Å². The zero-order chi connectivity index (χ0) is 20.9. The molecule has 28 heavy (non-hydrogen) atoms. The van der Waals surface area contributed by atoms with Crippen LogP contribution in [0.2, 0.25) is 5.02 Å². The van der Waals surface area contributed by atoms with Gasteiger partial charge in [0.15, 0.2) is 0 Å². The molecule has 1 heterocycles. The second-order valence-electron chi connectivity index (χ2n) is 7.08. The first-order chi connectivity index (χ1) is 13.1. The van der Waals surface area contributed by atoms with Gasteiger partial charge in [-0.3, -0.25) is 14.5 Å². The van der Waals surface area contributed by atoms with Gasteiger partial charge in [0.1, 0.15) is 0 Å². The van der Waals surface area contributed by atoms with Gasteiger partial charge in [-0.1, -0.05) is 11.6 Å². The van der Waals surface area contributed by atoms with Crippen molar-refractivity contribution in [2.24, 2.45) is 0 Å². The number of nitrogens with one attached hydrogen (secondary N) is 1. The summed E-state index contributed by atoms with van der Waals surface area (Å²) in [6, 6.07) is 4.32. The summed E-state index contributed by atoms with van der Waals surface area (Å²) in [5.41, 5.74) is 0.263. The molecule has 0 aliphatic carbocycles. The predicted octanol–water partition coefficient (Wildman–Crippen LogP) is 1.47. The first-order valence-electron chi connectivity index (χ1n) is 9.09. The maximum Gasteiger partial charge on any atom is 0.243 e. The Morgan fingerprint density at radius 1 is 1.18 bits per heavy atom. The third-order valence-corrected chi connectivity index (χ3v) is 6.76. The van der Waals surface area contributed by atoms with Crippen LogP contribution < -0.4 is 5.32 Å². The van der Waals surface area contributed by atoms with Crippen molar-refractivity contribution in [2.75, 3.05) is 52.6 Å². The summed E-state index contributed by atoms with van der Waals surface area (Å²) in [5.74, 6) is -0.354. The number of benzene rings is 1. The largest absolute Gasteiger partial charge is 0.348 e. The zero-order valence-electron chi connectivity index (χ0n) is 16.4. The van der Waals surface area contributed by atoms with Crippen LogP contribution in [0.15, 0.2) is 23.1 Å². The molecule has 10 heteroatoms. The molecule has 0 saturated carbocycles. The highest BCUT2D eigenvalue weighted by Crippen LogP contribution is 2.28. The highest BCUT2D eigenvalue weighted by atomic mass is 35.5. The quantitative estimate of drug-likeness (QED) is 0.674. The van der Waals surface area contributed by atoms with Crippen molar-refractivity contribution in [2.45, 2.75) is 24.2 Å². The van der Waals surface area contributed by atoms with Gasteiger partial charge in [0, 0.05) is 40.2 Å². The molecule has 0 spiro atoms. The molecule has 2 amide bonds. The van der Waals surface area contributed by atoms with E-state index in [4.69, 9.17) is 11.6 Å². The Morgan fingerprint density at radius 2 is 1.82 bits per heavy atom. The van der Waals surface area contributed by atoms with Crippen molar-refractivity contribution in [1.29, 1.82) is 0 Å². The Balaban J connectivity index is 1.99. The smallest absolute Gasteiger partial charge is 0.243 e. The maximum atomic E-state index is 12.7. The summed E-state index contributed by atoms with van der Waals surface area (Å²) >= 11 is 6.13.